The van der Waals surface area contributed by atoms with Crippen LogP contribution in [0.5, 0.6) is 0 Å². The summed E-state index contributed by atoms with van der Waals surface area (Å²) in [6, 6.07) is 10.5. The number of morpholine rings is 1. The van der Waals surface area contributed by atoms with E-state index in [-0.39, 0.29) is 11.9 Å². The molecule has 1 heterocycles. The van der Waals surface area contributed by atoms with Gasteiger partial charge in [-0.15, -0.1) is 0 Å². The maximum absolute atomic E-state index is 12.1. The van der Waals surface area contributed by atoms with Crippen molar-refractivity contribution in [2.24, 2.45) is 0 Å². The number of rotatable bonds is 5. The van der Waals surface area contributed by atoms with Crippen molar-refractivity contribution in [1.29, 1.82) is 0 Å². The highest BCUT2D eigenvalue weighted by Gasteiger charge is 2.17. The first kappa shape index (κ1) is 14.0. The maximum Gasteiger partial charge on any atom is 0.236 e. The van der Waals surface area contributed by atoms with Crippen molar-refractivity contribution in [2.75, 3.05) is 32.8 Å². The Morgan fingerprint density at radius 2 is 2.00 bits per heavy atom. The number of carbonyl (C=O) groups excluding carboxylic acids is 1. The summed E-state index contributed by atoms with van der Waals surface area (Å²) in [5.41, 5.74) is 1.24. The molecule has 104 valence electrons. The molecule has 1 aliphatic rings. The van der Waals surface area contributed by atoms with E-state index < -0.39 is 0 Å². The number of ether oxygens (including phenoxy) is 1. The fourth-order valence-corrected chi connectivity index (χ4v) is 2.32. The number of nitrogens with one attached hydrogen (secondary N) is 1. The molecule has 1 fully saturated rings. The van der Waals surface area contributed by atoms with Crippen LogP contribution in [0.1, 0.15) is 24.9 Å². The van der Waals surface area contributed by atoms with Crippen LogP contribution in [0.2, 0.25) is 0 Å². The molecule has 1 atom stereocenters. The molecule has 0 aliphatic carbocycles. The second-order valence-corrected chi connectivity index (χ2v) is 4.75. The van der Waals surface area contributed by atoms with Crippen LogP contribution in [-0.4, -0.2) is 43.7 Å². The van der Waals surface area contributed by atoms with Crippen molar-refractivity contribution in [3.05, 3.63) is 35.9 Å². The minimum absolute atomic E-state index is 0.165. The summed E-state index contributed by atoms with van der Waals surface area (Å²) in [6.45, 7) is 5.26. The molecule has 0 bridgehead atoms. The van der Waals surface area contributed by atoms with Crippen LogP contribution < -0.4 is 5.32 Å². The van der Waals surface area contributed by atoms with Gasteiger partial charge in [0.15, 0.2) is 0 Å². The molecule has 0 radical (unpaired) electrons. The zero-order valence-corrected chi connectivity index (χ0v) is 11.5. The van der Waals surface area contributed by atoms with Gasteiger partial charge in [-0.3, -0.25) is 4.79 Å². The third kappa shape index (κ3) is 4.04. The van der Waals surface area contributed by atoms with Gasteiger partial charge in [-0.2, -0.15) is 0 Å². The molecule has 1 amide bonds. The molecule has 1 unspecified atom stereocenters. The predicted octanol–water partition coefficient (Wildman–Crippen LogP) is 1.59. The molecule has 0 saturated carbocycles. The zero-order valence-electron chi connectivity index (χ0n) is 11.5. The van der Waals surface area contributed by atoms with Crippen molar-refractivity contribution < 1.29 is 9.53 Å². The fourth-order valence-electron chi connectivity index (χ4n) is 2.32. The Hall–Kier alpha value is -1.39. The zero-order chi connectivity index (χ0) is 13.5. The number of benzene rings is 1. The van der Waals surface area contributed by atoms with Gasteiger partial charge in [-0.05, 0) is 12.0 Å². The predicted molar refractivity (Wildman–Crippen MR) is 74.9 cm³/mol. The van der Waals surface area contributed by atoms with Crippen LogP contribution in [0.4, 0.5) is 0 Å². The van der Waals surface area contributed by atoms with E-state index in [1.54, 1.807) is 0 Å². The van der Waals surface area contributed by atoms with Crippen molar-refractivity contribution in [3.63, 3.8) is 0 Å². The highest BCUT2D eigenvalue weighted by atomic mass is 16.5. The third-order valence-electron chi connectivity index (χ3n) is 3.47. The molecule has 4 heteroatoms. The van der Waals surface area contributed by atoms with E-state index in [9.17, 15) is 4.79 Å². The van der Waals surface area contributed by atoms with Crippen molar-refractivity contribution >= 4 is 5.91 Å². The van der Waals surface area contributed by atoms with Crippen LogP contribution >= 0.6 is 0 Å². The van der Waals surface area contributed by atoms with E-state index in [4.69, 9.17) is 4.74 Å². The van der Waals surface area contributed by atoms with E-state index >= 15 is 0 Å². The second kappa shape index (κ2) is 7.26. The molecule has 2 rings (SSSR count). The topological polar surface area (TPSA) is 41.6 Å². The average Bonchev–Trinajstić information content (AvgIpc) is 2.49. The SMILES string of the molecule is CCC(NCC(=O)N1CCOCC1)c1ccccc1. The van der Waals surface area contributed by atoms with E-state index in [0.29, 0.717) is 32.8 Å². The molecule has 0 aromatic heterocycles. The van der Waals surface area contributed by atoms with E-state index in [2.05, 4.69) is 24.4 Å². The van der Waals surface area contributed by atoms with Gasteiger partial charge < -0.3 is 15.0 Å². The molecule has 1 aromatic carbocycles. The summed E-state index contributed by atoms with van der Waals surface area (Å²) in [5.74, 6) is 0.165. The summed E-state index contributed by atoms with van der Waals surface area (Å²) in [7, 11) is 0. The highest BCUT2D eigenvalue weighted by molar-refractivity contribution is 5.78. The molecule has 1 N–H and O–H groups in total. The summed E-state index contributed by atoms with van der Waals surface area (Å²) >= 11 is 0. The lowest BCUT2D eigenvalue weighted by molar-refractivity contribution is -0.134. The first-order valence-electron chi connectivity index (χ1n) is 6.95. The van der Waals surface area contributed by atoms with Crippen molar-refractivity contribution in [1.82, 2.24) is 10.2 Å². The van der Waals surface area contributed by atoms with Crippen LogP contribution in [0, 0.1) is 0 Å². The first-order chi connectivity index (χ1) is 9.31. The number of hydrogen-bond donors (Lipinski definition) is 1. The Morgan fingerprint density at radius 3 is 2.63 bits per heavy atom. The molecular weight excluding hydrogens is 240 g/mol. The molecule has 19 heavy (non-hydrogen) atoms. The fraction of sp³-hybridized carbons (Fsp3) is 0.533. The van der Waals surface area contributed by atoms with E-state index in [1.165, 1.54) is 5.56 Å². The lowest BCUT2D eigenvalue weighted by Gasteiger charge is -2.28. The van der Waals surface area contributed by atoms with Crippen LogP contribution in [0.25, 0.3) is 0 Å². The van der Waals surface area contributed by atoms with Crippen molar-refractivity contribution in [2.45, 2.75) is 19.4 Å². The van der Waals surface area contributed by atoms with E-state index in [1.807, 2.05) is 23.1 Å². The smallest absolute Gasteiger partial charge is 0.236 e. The normalized spacial score (nSPS) is 17.2. The summed E-state index contributed by atoms with van der Waals surface area (Å²) < 4.78 is 5.25. The summed E-state index contributed by atoms with van der Waals surface area (Å²) in [4.78, 5) is 13.9. The standard InChI is InChI=1S/C15H22N2O2/c1-2-14(13-6-4-3-5-7-13)16-12-15(18)17-8-10-19-11-9-17/h3-7,14,16H,2,8-12H2,1H3. The Balaban J connectivity index is 1.84. The monoisotopic (exact) mass is 262 g/mol. The molecule has 0 spiro atoms. The molecule has 4 nitrogen and oxygen atoms in total. The molecule has 1 saturated heterocycles. The van der Waals surface area contributed by atoms with Crippen LogP contribution in [-0.2, 0) is 9.53 Å². The average molecular weight is 262 g/mol. The minimum Gasteiger partial charge on any atom is -0.378 e. The van der Waals surface area contributed by atoms with Crippen molar-refractivity contribution in [3.8, 4) is 0 Å². The van der Waals surface area contributed by atoms with Gasteiger partial charge in [0.05, 0.1) is 19.8 Å². The van der Waals surface area contributed by atoms with Gasteiger partial charge >= 0.3 is 0 Å². The van der Waals surface area contributed by atoms with Gasteiger partial charge in [0, 0.05) is 19.1 Å². The summed E-state index contributed by atoms with van der Waals surface area (Å²) in [6.07, 6.45) is 0.973. The molecule has 1 aliphatic heterocycles. The number of amides is 1. The number of carbonyl (C=O) groups is 1. The van der Waals surface area contributed by atoms with E-state index in [0.717, 1.165) is 6.42 Å². The quantitative estimate of drug-likeness (QED) is 0.876. The Kier molecular flexibility index (Phi) is 5.36. The largest absolute Gasteiger partial charge is 0.378 e. The van der Waals surface area contributed by atoms with Crippen LogP contribution in [0.3, 0.4) is 0 Å². The van der Waals surface area contributed by atoms with Crippen LogP contribution in [0.15, 0.2) is 30.3 Å². The van der Waals surface area contributed by atoms with Gasteiger partial charge in [0.2, 0.25) is 5.91 Å². The third-order valence-corrected chi connectivity index (χ3v) is 3.47. The van der Waals surface area contributed by atoms with Gasteiger partial charge in [0.1, 0.15) is 0 Å². The lowest BCUT2D eigenvalue weighted by Crippen LogP contribution is -2.45. The molecular formula is C15H22N2O2. The number of hydrogen-bond acceptors (Lipinski definition) is 3. The second-order valence-electron chi connectivity index (χ2n) is 4.75. The van der Waals surface area contributed by atoms with Gasteiger partial charge in [-0.1, -0.05) is 37.3 Å². The Labute approximate surface area is 114 Å². The first-order valence-corrected chi connectivity index (χ1v) is 6.95. The van der Waals surface area contributed by atoms with Gasteiger partial charge in [0.25, 0.3) is 0 Å². The highest BCUT2D eigenvalue weighted by Crippen LogP contribution is 2.15. The van der Waals surface area contributed by atoms with Gasteiger partial charge in [-0.25, -0.2) is 0 Å². The number of nitrogens with zero attached hydrogens (tertiary/aromatic N) is 1. The lowest BCUT2D eigenvalue weighted by atomic mass is 10.0. The minimum atomic E-state index is 0.165. The Morgan fingerprint density at radius 1 is 1.32 bits per heavy atom. The molecule has 1 aromatic rings. The maximum atomic E-state index is 12.1. The summed E-state index contributed by atoms with van der Waals surface area (Å²) in [5, 5.41) is 3.35. The Bertz CT molecular complexity index is 388.